The highest BCUT2D eigenvalue weighted by atomic mass is 17.2. The van der Waals surface area contributed by atoms with Crippen LogP contribution in [0, 0.1) is 0 Å². The van der Waals surface area contributed by atoms with Crippen molar-refractivity contribution < 1.29 is 57.5 Å². The average molecular weight is 585 g/mol. The number of hydrogen-bond acceptors (Lipinski definition) is 12. The summed E-state index contributed by atoms with van der Waals surface area (Å²) in [7, 11) is 0. The molecule has 4 rings (SSSR count). The average Bonchev–Trinajstić information content (AvgIpc) is 3.57. The number of benzene rings is 2. The Kier molecular flexibility index (Phi) is 10.3. The number of hydrogen-bond donors (Lipinski definition) is 0. The maximum atomic E-state index is 12.4. The first-order chi connectivity index (χ1) is 20.3. The van der Waals surface area contributed by atoms with Gasteiger partial charge in [0.25, 0.3) is 0 Å². The van der Waals surface area contributed by atoms with E-state index < -0.39 is 48.1 Å². The molecule has 2 amide bonds. The van der Waals surface area contributed by atoms with Crippen LogP contribution < -0.4 is 0 Å². The molecule has 2 aliphatic rings. The molecule has 2 aromatic carbocycles. The predicted octanol–water partition coefficient (Wildman–Crippen LogP) is 2.59. The molecule has 2 aliphatic heterocycles. The maximum Gasteiger partial charge on any atom is 0.413 e. The zero-order chi connectivity index (χ0) is 29.9. The Morgan fingerprint density at radius 2 is 1.02 bits per heavy atom. The van der Waals surface area contributed by atoms with Gasteiger partial charge in [0.15, 0.2) is 13.5 Å². The van der Waals surface area contributed by atoms with E-state index >= 15 is 0 Å². The Balaban J connectivity index is 1.16. The minimum Gasteiger partial charge on any atom is -0.444 e. The second-order valence-electron chi connectivity index (χ2n) is 9.22. The van der Waals surface area contributed by atoms with E-state index in [9.17, 15) is 28.8 Å². The van der Waals surface area contributed by atoms with Gasteiger partial charge in [0.2, 0.25) is 0 Å². The quantitative estimate of drug-likeness (QED) is 0.174. The highest BCUT2D eigenvalue weighted by molar-refractivity contribution is 5.85. The van der Waals surface area contributed by atoms with Gasteiger partial charge in [0.1, 0.15) is 25.3 Å². The molecule has 0 spiro atoms. The SMILES string of the molecule is O=C(CC[C@H]1C(=O)OCN1C(=O)OCc1ccccc1)OOC(=O)CC[C@H]1C(=O)OCN1C(=O)OCc1ccccc1. The number of rotatable bonds is 10. The summed E-state index contributed by atoms with van der Waals surface area (Å²) in [5.41, 5.74) is 1.50. The van der Waals surface area contributed by atoms with E-state index in [4.69, 9.17) is 18.9 Å². The van der Waals surface area contributed by atoms with Gasteiger partial charge in [-0.15, -0.1) is 0 Å². The summed E-state index contributed by atoms with van der Waals surface area (Å²) in [6.45, 7) is -0.691. The third-order valence-corrected chi connectivity index (χ3v) is 6.34. The predicted molar refractivity (Wildman–Crippen MR) is 137 cm³/mol. The monoisotopic (exact) mass is 584 g/mol. The van der Waals surface area contributed by atoms with Crippen molar-refractivity contribution in [2.45, 2.75) is 51.0 Å². The second kappa shape index (κ2) is 14.5. The van der Waals surface area contributed by atoms with Crippen LogP contribution >= 0.6 is 0 Å². The highest BCUT2D eigenvalue weighted by Gasteiger charge is 2.40. The lowest BCUT2D eigenvalue weighted by Crippen LogP contribution is -2.39. The normalized spacial score (nSPS) is 17.7. The molecule has 2 aromatic rings. The fraction of sp³-hybridized carbons (Fsp3) is 0.357. The largest absolute Gasteiger partial charge is 0.444 e. The molecule has 14 heteroatoms. The van der Waals surface area contributed by atoms with Crippen molar-refractivity contribution in [2.24, 2.45) is 0 Å². The standard InChI is InChI=1S/C28H28N2O12/c31-23(13-11-21-25(33)39-17-29(21)27(35)37-15-19-7-3-1-4-8-19)41-42-24(32)14-12-22-26(34)40-18-30(22)28(36)38-16-20-9-5-2-6-10-20/h1-10,21-22H,11-18H2/t21-,22-/m0/s1. The lowest BCUT2D eigenvalue weighted by atomic mass is 10.1. The van der Waals surface area contributed by atoms with Crippen molar-refractivity contribution in [2.75, 3.05) is 13.5 Å². The molecule has 0 aromatic heterocycles. The number of amides is 2. The van der Waals surface area contributed by atoms with E-state index in [0.717, 1.165) is 20.9 Å². The molecule has 0 unspecified atom stereocenters. The molecule has 14 nitrogen and oxygen atoms in total. The molecular formula is C28H28N2O12. The molecule has 2 heterocycles. The molecule has 2 saturated heterocycles. The van der Waals surface area contributed by atoms with Crippen molar-refractivity contribution in [1.82, 2.24) is 9.80 Å². The van der Waals surface area contributed by atoms with Crippen LogP contribution in [0.5, 0.6) is 0 Å². The molecule has 222 valence electrons. The smallest absolute Gasteiger partial charge is 0.413 e. The molecule has 0 radical (unpaired) electrons. The Hall–Kier alpha value is -5.14. The second-order valence-corrected chi connectivity index (χ2v) is 9.22. The number of carbonyl (C=O) groups is 6. The first kappa shape index (κ1) is 29.8. The lowest BCUT2D eigenvalue weighted by Gasteiger charge is -2.19. The van der Waals surface area contributed by atoms with Gasteiger partial charge in [0, 0.05) is 0 Å². The summed E-state index contributed by atoms with van der Waals surface area (Å²) in [5.74, 6) is -3.39. The zero-order valence-electron chi connectivity index (χ0n) is 22.4. The van der Waals surface area contributed by atoms with Crippen LogP contribution in [-0.2, 0) is 61.1 Å². The molecular weight excluding hydrogens is 556 g/mol. The van der Waals surface area contributed by atoms with Crippen LogP contribution in [-0.4, -0.2) is 71.4 Å². The summed E-state index contributed by atoms with van der Waals surface area (Å²) < 4.78 is 20.2. The van der Waals surface area contributed by atoms with Crippen LogP contribution in [0.1, 0.15) is 36.8 Å². The van der Waals surface area contributed by atoms with Gasteiger partial charge in [-0.05, 0) is 24.0 Å². The van der Waals surface area contributed by atoms with Crippen LogP contribution in [0.15, 0.2) is 60.7 Å². The summed E-state index contributed by atoms with van der Waals surface area (Å²) in [4.78, 5) is 84.3. The van der Waals surface area contributed by atoms with Crippen LogP contribution in [0.25, 0.3) is 0 Å². The van der Waals surface area contributed by atoms with Crippen molar-refractivity contribution in [3.63, 3.8) is 0 Å². The minimum atomic E-state index is -1.09. The number of ether oxygens (including phenoxy) is 4. The van der Waals surface area contributed by atoms with Crippen LogP contribution in [0.4, 0.5) is 9.59 Å². The number of cyclic esters (lactones) is 2. The number of carbonyl (C=O) groups excluding carboxylic acids is 6. The Labute approximate surface area is 239 Å². The van der Waals surface area contributed by atoms with Crippen molar-refractivity contribution >= 4 is 36.1 Å². The van der Waals surface area contributed by atoms with E-state index in [1.54, 1.807) is 48.5 Å². The van der Waals surface area contributed by atoms with Gasteiger partial charge in [0.05, 0.1) is 12.8 Å². The minimum absolute atomic E-state index is 0.0136. The number of nitrogens with zero attached hydrogens (tertiary/aromatic N) is 2. The topological polar surface area (TPSA) is 164 Å². The van der Waals surface area contributed by atoms with Gasteiger partial charge in [-0.2, -0.15) is 0 Å². The van der Waals surface area contributed by atoms with Gasteiger partial charge in [-0.25, -0.2) is 38.5 Å². The van der Waals surface area contributed by atoms with Gasteiger partial charge < -0.3 is 18.9 Å². The fourth-order valence-electron chi connectivity index (χ4n) is 4.09. The Morgan fingerprint density at radius 3 is 1.40 bits per heavy atom. The first-order valence-electron chi connectivity index (χ1n) is 13.0. The highest BCUT2D eigenvalue weighted by Crippen LogP contribution is 2.20. The lowest BCUT2D eigenvalue weighted by molar-refractivity contribution is -0.259. The molecule has 2 atom stereocenters. The molecule has 0 saturated carbocycles. The summed E-state index contributed by atoms with van der Waals surface area (Å²) in [6, 6.07) is 15.7. The Bertz CT molecular complexity index is 1190. The zero-order valence-corrected chi connectivity index (χ0v) is 22.4. The first-order valence-corrected chi connectivity index (χ1v) is 13.0. The van der Waals surface area contributed by atoms with E-state index in [0.29, 0.717) is 0 Å². The van der Waals surface area contributed by atoms with E-state index in [2.05, 4.69) is 9.78 Å². The number of esters is 2. The third kappa shape index (κ3) is 8.19. The molecule has 0 aliphatic carbocycles. The molecule has 0 N–H and O–H groups in total. The maximum absolute atomic E-state index is 12.4. The summed E-state index contributed by atoms with van der Waals surface area (Å²) in [6.07, 6.45) is -2.68. The van der Waals surface area contributed by atoms with Crippen molar-refractivity contribution in [3.8, 4) is 0 Å². The van der Waals surface area contributed by atoms with Crippen LogP contribution in [0.2, 0.25) is 0 Å². The van der Waals surface area contributed by atoms with Crippen molar-refractivity contribution in [3.05, 3.63) is 71.8 Å². The molecule has 0 bridgehead atoms. The summed E-state index contributed by atoms with van der Waals surface area (Å²) in [5, 5.41) is 0. The van der Waals surface area contributed by atoms with E-state index in [-0.39, 0.29) is 52.4 Å². The van der Waals surface area contributed by atoms with E-state index in [1.807, 2.05) is 12.1 Å². The van der Waals surface area contributed by atoms with Gasteiger partial charge >= 0.3 is 36.1 Å². The van der Waals surface area contributed by atoms with Crippen molar-refractivity contribution in [1.29, 1.82) is 0 Å². The van der Waals surface area contributed by atoms with Gasteiger partial charge in [-0.3, -0.25) is 9.80 Å². The van der Waals surface area contributed by atoms with Crippen LogP contribution in [0.3, 0.4) is 0 Å². The molecule has 42 heavy (non-hydrogen) atoms. The van der Waals surface area contributed by atoms with E-state index in [1.165, 1.54) is 0 Å². The fourth-order valence-corrected chi connectivity index (χ4v) is 4.09. The van der Waals surface area contributed by atoms with Gasteiger partial charge in [-0.1, -0.05) is 60.7 Å². The molecule has 2 fully saturated rings. The Morgan fingerprint density at radius 1 is 0.643 bits per heavy atom. The third-order valence-electron chi connectivity index (χ3n) is 6.34. The summed E-state index contributed by atoms with van der Waals surface area (Å²) >= 11 is 0.